The molecule has 0 radical (unpaired) electrons. The highest BCUT2D eigenvalue weighted by molar-refractivity contribution is 6.31. The summed E-state index contributed by atoms with van der Waals surface area (Å²) in [5.41, 5.74) is -0.0774. The predicted octanol–water partition coefficient (Wildman–Crippen LogP) is 1.60. The van der Waals surface area contributed by atoms with Gasteiger partial charge in [-0.1, -0.05) is 29.8 Å². The number of aliphatic hydroxyl groups is 2. The van der Waals surface area contributed by atoms with Crippen LogP contribution >= 0.6 is 11.6 Å². The molecule has 0 aliphatic heterocycles. The van der Waals surface area contributed by atoms with Crippen LogP contribution in [-0.4, -0.2) is 29.0 Å². The van der Waals surface area contributed by atoms with Crippen LogP contribution in [0.2, 0.25) is 5.02 Å². The van der Waals surface area contributed by atoms with Crippen molar-refractivity contribution in [3.8, 4) is 0 Å². The van der Waals surface area contributed by atoms with E-state index in [2.05, 4.69) is 0 Å². The van der Waals surface area contributed by atoms with Crippen LogP contribution in [-0.2, 0) is 11.3 Å². The zero-order valence-electron chi connectivity index (χ0n) is 8.61. The zero-order valence-corrected chi connectivity index (χ0v) is 9.37. The van der Waals surface area contributed by atoms with Crippen LogP contribution in [0.5, 0.6) is 0 Å². The van der Waals surface area contributed by atoms with E-state index in [9.17, 15) is 0 Å². The lowest BCUT2D eigenvalue weighted by Gasteiger charge is -2.25. The summed E-state index contributed by atoms with van der Waals surface area (Å²) in [5, 5.41) is 18.7. The third-order valence-corrected chi connectivity index (χ3v) is 2.57. The molecule has 0 spiro atoms. The van der Waals surface area contributed by atoms with Crippen LogP contribution in [0.4, 0.5) is 0 Å². The Balaban J connectivity index is 2.61. The van der Waals surface area contributed by atoms with Crippen LogP contribution in [0.1, 0.15) is 12.5 Å². The smallest absolute Gasteiger partial charge is 0.112 e. The lowest BCUT2D eigenvalue weighted by molar-refractivity contribution is -0.104. The Hall–Kier alpha value is -0.610. The fourth-order valence-corrected chi connectivity index (χ4v) is 1.20. The van der Waals surface area contributed by atoms with E-state index in [0.717, 1.165) is 5.56 Å². The topological polar surface area (TPSA) is 49.7 Å². The van der Waals surface area contributed by atoms with Crippen molar-refractivity contribution in [2.45, 2.75) is 19.1 Å². The minimum Gasteiger partial charge on any atom is -0.393 e. The molecule has 0 unspecified atom stereocenters. The van der Waals surface area contributed by atoms with Gasteiger partial charge in [0, 0.05) is 5.02 Å². The van der Waals surface area contributed by atoms with Crippen molar-refractivity contribution in [2.75, 3.05) is 13.2 Å². The highest BCUT2D eigenvalue weighted by Crippen LogP contribution is 2.19. The summed E-state index contributed by atoms with van der Waals surface area (Å²) in [5.74, 6) is 0. The SMILES string of the molecule is CC(CO)(CO)OCc1ccccc1Cl. The average molecular weight is 231 g/mol. The second kappa shape index (κ2) is 5.47. The van der Waals surface area contributed by atoms with Gasteiger partial charge in [0.05, 0.1) is 19.8 Å². The summed E-state index contributed by atoms with van der Waals surface area (Å²) < 4.78 is 5.41. The van der Waals surface area contributed by atoms with Gasteiger partial charge in [0.2, 0.25) is 0 Å². The minimum atomic E-state index is -0.917. The molecule has 0 amide bonds. The number of ether oxygens (including phenoxy) is 1. The number of hydrogen-bond acceptors (Lipinski definition) is 3. The van der Waals surface area contributed by atoms with Gasteiger partial charge < -0.3 is 14.9 Å². The first kappa shape index (κ1) is 12.5. The van der Waals surface area contributed by atoms with Gasteiger partial charge in [0.1, 0.15) is 5.60 Å². The normalized spacial score (nSPS) is 11.7. The molecule has 0 heterocycles. The molecular weight excluding hydrogens is 216 g/mol. The maximum atomic E-state index is 9.01. The summed E-state index contributed by atoms with van der Waals surface area (Å²) in [4.78, 5) is 0. The van der Waals surface area contributed by atoms with Gasteiger partial charge in [-0.15, -0.1) is 0 Å². The highest BCUT2D eigenvalue weighted by Gasteiger charge is 2.23. The van der Waals surface area contributed by atoms with E-state index in [1.165, 1.54) is 0 Å². The van der Waals surface area contributed by atoms with Crippen molar-refractivity contribution in [1.29, 1.82) is 0 Å². The Kier molecular flexibility index (Phi) is 4.54. The molecule has 2 N–H and O–H groups in total. The second-order valence-electron chi connectivity index (χ2n) is 3.65. The van der Waals surface area contributed by atoms with E-state index in [1.807, 2.05) is 18.2 Å². The molecule has 0 aromatic heterocycles. The lowest BCUT2D eigenvalue weighted by atomic mass is 10.1. The monoisotopic (exact) mass is 230 g/mol. The first-order valence-corrected chi connectivity index (χ1v) is 5.08. The molecule has 0 bridgehead atoms. The van der Waals surface area contributed by atoms with Gasteiger partial charge >= 0.3 is 0 Å². The summed E-state index contributed by atoms with van der Waals surface area (Å²) in [6, 6.07) is 7.32. The van der Waals surface area contributed by atoms with E-state index < -0.39 is 5.60 Å². The van der Waals surface area contributed by atoms with E-state index >= 15 is 0 Å². The summed E-state index contributed by atoms with van der Waals surface area (Å²) >= 11 is 5.93. The minimum absolute atomic E-state index is 0.228. The van der Waals surface area contributed by atoms with Crippen LogP contribution < -0.4 is 0 Å². The van der Waals surface area contributed by atoms with Crippen molar-refractivity contribution < 1.29 is 14.9 Å². The van der Waals surface area contributed by atoms with E-state index in [4.69, 9.17) is 26.6 Å². The standard InChI is InChI=1S/C11H15ClO3/c1-11(7-13,8-14)15-6-9-4-2-3-5-10(9)12/h2-5,13-14H,6-8H2,1H3. The second-order valence-corrected chi connectivity index (χ2v) is 4.05. The van der Waals surface area contributed by atoms with Gasteiger partial charge in [0.15, 0.2) is 0 Å². The van der Waals surface area contributed by atoms with Crippen molar-refractivity contribution in [2.24, 2.45) is 0 Å². The van der Waals surface area contributed by atoms with Gasteiger partial charge in [-0.05, 0) is 18.6 Å². The lowest BCUT2D eigenvalue weighted by Crippen LogP contribution is -2.37. The van der Waals surface area contributed by atoms with Crippen LogP contribution in [0.25, 0.3) is 0 Å². The average Bonchev–Trinajstić information content (AvgIpc) is 2.28. The van der Waals surface area contributed by atoms with Gasteiger partial charge in [-0.3, -0.25) is 0 Å². The predicted molar refractivity (Wildman–Crippen MR) is 58.8 cm³/mol. The molecule has 1 aromatic rings. The molecule has 0 saturated carbocycles. The third kappa shape index (κ3) is 3.47. The number of rotatable bonds is 5. The number of benzene rings is 1. The van der Waals surface area contributed by atoms with Gasteiger partial charge in [0.25, 0.3) is 0 Å². The Labute approximate surface area is 94.3 Å². The molecule has 1 rings (SSSR count). The van der Waals surface area contributed by atoms with Crippen LogP contribution in [0.3, 0.4) is 0 Å². The van der Waals surface area contributed by atoms with Crippen molar-refractivity contribution >= 4 is 11.6 Å². The maximum Gasteiger partial charge on any atom is 0.112 e. The van der Waals surface area contributed by atoms with Gasteiger partial charge in [-0.25, -0.2) is 0 Å². The first-order valence-electron chi connectivity index (χ1n) is 4.70. The van der Waals surface area contributed by atoms with Crippen molar-refractivity contribution in [1.82, 2.24) is 0 Å². The largest absolute Gasteiger partial charge is 0.393 e. The quantitative estimate of drug-likeness (QED) is 0.808. The molecule has 84 valence electrons. The maximum absolute atomic E-state index is 9.01. The van der Waals surface area contributed by atoms with Crippen LogP contribution in [0, 0.1) is 0 Å². The van der Waals surface area contributed by atoms with Crippen molar-refractivity contribution in [3.63, 3.8) is 0 Å². The molecule has 1 aromatic carbocycles. The molecule has 0 fully saturated rings. The summed E-state index contributed by atoms with van der Waals surface area (Å²) in [6.45, 7) is 1.46. The van der Waals surface area contributed by atoms with Gasteiger partial charge in [-0.2, -0.15) is 0 Å². The fraction of sp³-hybridized carbons (Fsp3) is 0.455. The van der Waals surface area contributed by atoms with E-state index in [-0.39, 0.29) is 19.8 Å². The number of hydrogen-bond donors (Lipinski definition) is 2. The van der Waals surface area contributed by atoms with Crippen LogP contribution in [0.15, 0.2) is 24.3 Å². The molecule has 15 heavy (non-hydrogen) atoms. The number of aliphatic hydroxyl groups excluding tert-OH is 2. The molecule has 0 saturated heterocycles. The molecule has 3 nitrogen and oxygen atoms in total. The third-order valence-electron chi connectivity index (χ3n) is 2.20. The number of halogens is 1. The summed E-state index contributed by atoms with van der Waals surface area (Å²) in [6.07, 6.45) is 0. The van der Waals surface area contributed by atoms with Crippen molar-refractivity contribution in [3.05, 3.63) is 34.9 Å². The van der Waals surface area contributed by atoms with E-state index in [1.54, 1.807) is 13.0 Å². The molecule has 0 aliphatic rings. The molecule has 0 aliphatic carbocycles. The highest BCUT2D eigenvalue weighted by atomic mass is 35.5. The Bertz CT molecular complexity index is 310. The van der Waals surface area contributed by atoms with E-state index in [0.29, 0.717) is 5.02 Å². The fourth-order valence-electron chi connectivity index (χ4n) is 1.01. The molecule has 4 heteroatoms. The molecular formula is C11H15ClO3. The summed E-state index contributed by atoms with van der Waals surface area (Å²) in [7, 11) is 0. The Morgan fingerprint density at radius 3 is 2.40 bits per heavy atom. The molecule has 0 atom stereocenters. The first-order chi connectivity index (χ1) is 7.11. The Morgan fingerprint density at radius 2 is 1.87 bits per heavy atom. The Morgan fingerprint density at radius 1 is 1.27 bits per heavy atom. The zero-order chi connectivity index (χ0) is 11.3.